The van der Waals surface area contributed by atoms with Gasteiger partial charge in [0.25, 0.3) is 0 Å². The molecule has 11 bridgehead atoms. The highest BCUT2D eigenvalue weighted by atomic mass is 35.5. The minimum atomic E-state index is -2.27. The zero-order chi connectivity index (χ0) is 77.2. The van der Waals surface area contributed by atoms with Crippen LogP contribution in [0.25, 0.3) is 11.1 Å². The highest BCUT2D eigenvalue weighted by Crippen LogP contribution is 2.51. The number of halogens is 2. The quantitative estimate of drug-likeness (QED) is 0.0580. The molecule has 2 saturated heterocycles. The number of carbonyl (C=O) groups excluding carboxylic acids is 7. The molecule has 12 rings (SSSR count). The van der Waals surface area contributed by atoms with Crippen molar-refractivity contribution in [2.45, 2.75) is 169 Å². The number of aliphatic hydroxyl groups is 6. The average Bonchev–Trinajstić information content (AvgIpc) is 0.761. The van der Waals surface area contributed by atoms with E-state index in [0.717, 1.165) is 54.6 Å². The van der Waals surface area contributed by atoms with Crippen LogP contribution in [0.15, 0.2) is 72.8 Å². The number of fused-ring (bicyclic) bond motifs is 15. The number of nitrogens with one attached hydrogen (secondary N) is 6. The number of aromatic hydroxyl groups is 3. The van der Waals surface area contributed by atoms with Crippen LogP contribution >= 0.6 is 23.2 Å². The standard InChI is InChI=1S/C71H85Cl2N9O24/c1-27(2)14-40(77-5)67(97)81-55-43(86)18-33(21-50(75)88)65(95)79-53-32-19-47(102-45-10-7-30(57(55)89)16-38(45)72)62(106-70-63(61(93)60(92)49(26-83)104-70)105-51-24-71(4,76)64(94)28(3)101-51)48(20-32)103-46-11-8-31(17-39(46)73)58(90)56-68(98)80-54(69(99)100)36-23-42(85)37(25-78-13-12-74)59(91)52(36)35-15-29(6-9-41(35)84)34(22-44(53)87)66(96)82-56/h6-11,15-17,19-20,23,27-28,33-34,40,49,51,53-58,60-61,63-64,70,77-78,83-85,89-94H,12-14,18,21-22,24-26,74,76H2,1-5H3,(H2,75,88)(H,79,95)(H,80,98)(H,81,97)(H,82,96)(H,99,100)/t28-,33-,34+,40+,49+,51-,53+,54-,55?,56-,57+,58+,60+,61-,63+,64+,70-,71-/m0/s1. The SMILES string of the molecule is CN[C@H](CC(C)C)C(=O)NC1C(=O)C[C@@H](CC(N)=O)C(=O)N[C@H]2C(=O)C[C@H]3C(=O)N[C@H](C(=O)N[C@H](C(=O)O)c4cc(O)c(CNCCN)c(O)c4-c4cc3ccc4O)[C@H](O)c3ccc(c(Cl)c3)Oc3cc2cc(c3O[C@@H]2O[C@H](CO)[C@@H](O)[C@H](O)[C@H]2O[C@H]2C[C@](C)(N)[C@H](O)[C@H](C)O2)Oc2ccc(cc2Cl)[C@H]1O. The minimum absolute atomic E-state index is 0.0822. The predicted octanol–water partition coefficient (Wildman–Crippen LogP) is 1.13. The lowest BCUT2D eigenvalue weighted by molar-refractivity contribution is -0.333. The molecule has 18 atom stereocenters. The Morgan fingerprint density at radius 2 is 1.41 bits per heavy atom. The molecule has 7 aliphatic heterocycles. The zero-order valence-electron chi connectivity index (χ0n) is 57.9. The van der Waals surface area contributed by atoms with Gasteiger partial charge in [-0.2, -0.15) is 0 Å². The van der Waals surface area contributed by atoms with E-state index < -0.39 is 244 Å². The second-order valence-electron chi connectivity index (χ2n) is 27.5. The molecule has 33 nitrogen and oxygen atoms in total. The van der Waals surface area contributed by atoms with Crippen molar-refractivity contribution in [2.75, 3.05) is 26.7 Å². The van der Waals surface area contributed by atoms with Crippen LogP contribution in [-0.2, 0) is 59.1 Å². The summed E-state index contributed by atoms with van der Waals surface area (Å²) in [6.45, 7) is 5.61. The van der Waals surface area contributed by atoms with Crippen molar-refractivity contribution in [1.29, 1.82) is 0 Å². The predicted molar refractivity (Wildman–Crippen MR) is 373 cm³/mol. The molecule has 22 N–H and O–H groups in total. The van der Waals surface area contributed by atoms with E-state index in [9.17, 15) is 65.4 Å². The minimum Gasteiger partial charge on any atom is -0.507 e. The molecule has 572 valence electrons. The van der Waals surface area contributed by atoms with Crippen LogP contribution in [0.2, 0.25) is 10.0 Å². The third-order valence-electron chi connectivity index (χ3n) is 19.3. The molecule has 35 heteroatoms. The van der Waals surface area contributed by atoms with Crippen LogP contribution in [-0.4, -0.2) is 198 Å². The molecule has 0 aliphatic carbocycles. The number of ether oxygens (including phenoxy) is 6. The number of hydrogen-bond acceptors (Lipinski definition) is 27. The number of Topliss-reactive ketones (excluding diaryl/α,β-unsaturated/α-hetero) is 2. The maximum atomic E-state index is 16.3. The number of aliphatic hydroxyl groups excluding tert-OH is 6. The van der Waals surface area contributed by atoms with E-state index in [2.05, 4.69) is 31.9 Å². The Balaban J connectivity index is 1.25. The number of ketones is 2. The summed E-state index contributed by atoms with van der Waals surface area (Å²) in [5.41, 5.74) is 13.9. The monoisotopic (exact) mass is 1520 g/mol. The molecule has 7 aliphatic rings. The van der Waals surface area contributed by atoms with E-state index in [0.29, 0.717) is 0 Å². The van der Waals surface area contributed by atoms with Crippen molar-refractivity contribution in [3.8, 4) is 57.1 Å². The molecule has 0 aromatic heterocycles. The van der Waals surface area contributed by atoms with Crippen molar-refractivity contribution in [2.24, 2.45) is 29.0 Å². The topological polar surface area (TPSA) is 544 Å². The molecular formula is C71H85Cl2N9O24. The fourth-order valence-corrected chi connectivity index (χ4v) is 14.0. The van der Waals surface area contributed by atoms with Crippen LogP contribution in [0.1, 0.15) is 123 Å². The number of phenolic OH excluding ortho intramolecular Hbond substituents is 3. The largest absolute Gasteiger partial charge is 0.507 e. The van der Waals surface area contributed by atoms with Gasteiger partial charge in [-0.05, 0) is 110 Å². The molecular weight excluding hydrogens is 1430 g/mol. The Bertz CT molecular complexity index is 4210. The number of rotatable bonds is 17. The smallest absolute Gasteiger partial charge is 0.330 e. The Morgan fingerprint density at radius 1 is 0.764 bits per heavy atom. The van der Waals surface area contributed by atoms with Crippen LogP contribution in [0.3, 0.4) is 0 Å². The van der Waals surface area contributed by atoms with Crippen LogP contribution in [0.4, 0.5) is 0 Å². The van der Waals surface area contributed by atoms with E-state index in [1.165, 1.54) is 39.1 Å². The fraction of sp³-hybridized carbons (Fsp3) is 0.465. The summed E-state index contributed by atoms with van der Waals surface area (Å²) in [7, 11) is 1.49. The molecule has 5 aromatic carbocycles. The van der Waals surface area contributed by atoms with E-state index in [1.54, 1.807) is 0 Å². The summed E-state index contributed by atoms with van der Waals surface area (Å²) in [5.74, 6) is -18.7. The normalized spacial score (nSPS) is 28.8. The van der Waals surface area contributed by atoms with Crippen LogP contribution < -0.4 is 63.3 Å². The van der Waals surface area contributed by atoms with Crippen molar-refractivity contribution in [1.82, 2.24) is 31.9 Å². The molecule has 0 spiro atoms. The highest BCUT2D eigenvalue weighted by molar-refractivity contribution is 6.32. The van der Waals surface area contributed by atoms with E-state index >= 15 is 24.0 Å². The number of amides is 5. The van der Waals surface area contributed by atoms with Crippen LogP contribution in [0, 0.1) is 11.8 Å². The van der Waals surface area contributed by atoms with Crippen molar-refractivity contribution in [3.63, 3.8) is 0 Å². The average molecular weight is 1520 g/mol. The summed E-state index contributed by atoms with van der Waals surface area (Å²) in [6, 6.07) is 3.74. The van der Waals surface area contributed by atoms with Gasteiger partial charge in [-0.15, -0.1) is 0 Å². The molecule has 2 fully saturated rings. The lowest BCUT2D eigenvalue weighted by atomic mass is 9.84. The molecule has 0 saturated carbocycles. The molecule has 5 amide bonds. The number of likely N-dealkylation sites (N-methyl/N-ethyl adjacent to an activating group) is 1. The molecule has 1 unspecified atom stereocenters. The van der Waals surface area contributed by atoms with Gasteiger partial charge in [0, 0.05) is 67.5 Å². The first kappa shape index (κ1) is 79.7. The van der Waals surface area contributed by atoms with Gasteiger partial charge >= 0.3 is 5.97 Å². The molecule has 106 heavy (non-hydrogen) atoms. The number of carboxylic acids is 1. The Hall–Kier alpha value is -8.88. The zero-order valence-corrected chi connectivity index (χ0v) is 59.4. The van der Waals surface area contributed by atoms with E-state index in [-0.39, 0.29) is 77.2 Å². The summed E-state index contributed by atoms with van der Waals surface area (Å²) < 4.78 is 38.6. The number of carbonyl (C=O) groups is 8. The number of carboxylic acid groups (broad SMARTS) is 1. The first-order chi connectivity index (χ1) is 50.1. The number of phenols is 3. The number of aliphatic carboxylic acids is 1. The molecule has 7 heterocycles. The van der Waals surface area contributed by atoms with Gasteiger partial charge in [0.05, 0.1) is 52.3 Å². The molecule has 0 radical (unpaired) electrons. The van der Waals surface area contributed by atoms with Gasteiger partial charge in [-0.3, -0.25) is 33.6 Å². The number of hydrogen-bond donors (Lipinski definition) is 19. The number of benzene rings is 5. The van der Waals surface area contributed by atoms with Crippen molar-refractivity contribution in [3.05, 3.63) is 116 Å². The maximum Gasteiger partial charge on any atom is 0.330 e. The Kier molecular flexibility index (Phi) is 24.9. The maximum absolute atomic E-state index is 16.3. The van der Waals surface area contributed by atoms with Crippen molar-refractivity contribution < 1.29 is 118 Å². The van der Waals surface area contributed by atoms with Gasteiger partial charge in [-0.25, -0.2) is 4.79 Å². The van der Waals surface area contributed by atoms with Gasteiger partial charge in [0.2, 0.25) is 41.6 Å². The lowest BCUT2D eigenvalue weighted by Gasteiger charge is -2.47. The summed E-state index contributed by atoms with van der Waals surface area (Å²) >= 11 is 14.2. The van der Waals surface area contributed by atoms with Crippen molar-refractivity contribution >= 4 is 70.3 Å². The second kappa shape index (κ2) is 33.1. The molecule has 5 aromatic rings. The van der Waals surface area contributed by atoms with Gasteiger partial charge < -0.3 is 129 Å². The third kappa shape index (κ3) is 17.1. The van der Waals surface area contributed by atoms with E-state index in [4.69, 9.17) is 68.8 Å². The lowest BCUT2D eigenvalue weighted by Crippen LogP contribution is -2.64. The van der Waals surface area contributed by atoms with E-state index in [1.807, 2.05) is 13.8 Å². The second-order valence-corrected chi connectivity index (χ2v) is 28.3. The highest BCUT2D eigenvalue weighted by Gasteiger charge is 2.52. The third-order valence-corrected chi connectivity index (χ3v) is 19.9. The van der Waals surface area contributed by atoms with Gasteiger partial charge in [0.15, 0.2) is 41.5 Å². The Morgan fingerprint density at radius 3 is 1.99 bits per heavy atom. The summed E-state index contributed by atoms with van der Waals surface area (Å²) in [6.07, 6.45) is -20.4. The number of nitrogens with two attached hydrogens (primary N) is 3. The summed E-state index contributed by atoms with van der Waals surface area (Å²) in [5, 5.41) is 131. The van der Waals surface area contributed by atoms with Gasteiger partial charge in [0.1, 0.15) is 77.4 Å². The fourth-order valence-electron chi connectivity index (χ4n) is 13.6. The van der Waals surface area contributed by atoms with Gasteiger partial charge in [-0.1, -0.05) is 55.2 Å². The number of primary amides is 1. The Labute approximate surface area is 615 Å². The summed E-state index contributed by atoms with van der Waals surface area (Å²) in [4.78, 5) is 118. The van der Waals surface area contributed by atoms with Crippen LogP contribution in [0.5, 0.6) is 46.0 Å². The first-order valence-electron chi connectivity index (χ1n) is 34.0. The first-order valence-corrected chi connectivity index (χ1v) is 34.7.